The van der Waals surface area contributed by atoms with Crippen LogP contribution in [0.15, 0.2) is 0 Å². The Morgan fingerprint density at radius 3 is 1.70 bits per heavy atom. The number of carboxylic acid groups (broad SMARTS) is 1. The van der Waals surface area contributed by atoms with E-state index in [1.54, 1.807) is 6.92 Å². The van der Waals surface area contributed by atoms with E-state index in [1.807, 2.05) is 0 Å². The van der Waals surface area contributed by atoms with Gasteiger partial charge in [0.25, 0.3) is 0 Å². The second kappa shape index (κ2) is 8.35. The van der Waals surface area contributed by atoms with Crippen molar-refractivity contribution >= 4 is 5.97 Å². The van der Waals surface area contributed by atoms with Gasteiger partial charge in [0.2, 0.25) is 0 Å². The smallest absolute Gasteiger partial charge is 0.329 e. The zero-order chi connectivity index (χ0) is 8.57. The lowest BCUT2D eigenvalue weighted by atomic mass is 10.5. The van der Waals surface area contributed by atoms with Gasteiger partial charge in [0, 0.05) is 0 Å². The average molecular weight is 152 g/mol. The highest BCUT2D eigenvalue weighted by Crippen LogP contribution is 1.77. The molecule has 0 saturated heterocycles. The summed E-state index contributed by atoms with van der Waals surface area (Å²) in [5, 5.41) is 30.8. The van der Waals surface area contributed by atoms with Gasteiger partial charge in [-0.2, -0.15) is 0 Å². The Hall–Kier alpha value is -0.650. The van der Waals surface area contributed by atoms with Crippen LogP contribution in [-0.4, -0.2) is 39.3 Å². The number of carbonyl (C=O) groups is 1. The van der Waals surface area contributed by atoms with Crippen molar-refractivity contribution < 1.29 is 25.2 Å². The molecule has 0 rings (SSSR count). The van der Waals surface area contributed by atoms with Crippen molar-refractivity contribution in [3.63, 3.8) is 0 Å². The van der Waals surface area contributed by atoms with Crippen molar-refractivity contribution in [3.8, 4) is 0 Å². The second-order valence-electron chi connectivity index (χ2n) is 1.44. The van der Waals surface area contributed by atoms with Crippen molar-refractivity contribution in [1.29, 1.82) is 0 Å². The molecule has 0 fully saturated rings. The first-order valence-corrected chi connectivity index (χ1v) is 2.73. The third-order valence-corrected chi connectivity index (χ3v) is 0.500. The number of aliphatic carboxylic acids is 1. The molecular weight excluding hydrogens is 140 g/mol. The molecule has 0 aromatic carbocycles. The van der Waals surface area contributed by atoms with Gasteiger partial charge in [-0.05, 0) is 6.42 Å². The Bertz CT molecular complexity index is 80.1. The summed E-state index contributed by atoms with van der Waals surface area (Å²) in [5.41, 5.74) is 0. The summed E-state index contributed by atoms with van der Waals surface area (Å²) >= 11 is 0. The molecule has 0 saturated carbocycles. The summed E-state index contributed by atoms with van der Waals surface area (Å²) in [6.07, 6.45) is -0.699. The molecule has 0 heterocycles. The number of rotatable bonds is 2. The summed E-state index contributed by atoms with van der Waals surface area (Å²) < 4.78 is 0. The zero-order valence-corrected chi connectivity index (χ0v) is 5.69. The summed E-state index contributed by atoms with van der Waals surface area (Å²) in [5.74, 6) is -1.19. The molecule has 0 radical (unpaired) electrons. The largest absolute Gasteiger partial charge is 0.480 e. The molecule has 0 bridgehead atoms. The Labute approximate surface area is 58.5 Å². The van der Waals surface area contributed by atoms with Crippen LogP contribution in [0.3, 0.4) is 0 Å². The van der Waals surface area contributed by atoms with Gasteiger partial charge in [0.15, 0.2) is 6.29 Å². The molecule has 0 atom stereocenters. The molecular formula is C5H12O5. The van der Waals surface area contributed by atoms with Crippen LogP contribution in [0.25, 0.3) is 0 Å². The van der Waals surface area contributed by atoms with Crippen molar-refractivity contribution in [2.75, 3.05) is 6.61 Å². The monoisotopic (exact) mass is 152 g/mol. The van der Waals surface area contributed by atoms with Gasteiger partial charge >= 0.3 is 5.97 Å². The number of hydrogen-bond acceptors (Lipinski definition) is 4. The lowest BCUT2D eigenvalue weighted by molar-refractivity contribution is -0.140. The molecule has 0 aliphatic carbocycles. The predicted octanol–water partition coefficient (Wildman–Crippen LogP) is -1.23. The zero-order valence-electron chi connectivity index (χ0n) is 5.69. The summed E-state index contributed by atoms with van der Waals surface area (Å²) in [6, 6.07) is 0. The van der Waals surface area contributed by atoms with E-state index in [4.69, 9.17) is 25.2 Å². The summed E-state index contributed by atoms with van der Waals surface area (Å²) in [7, 11) is 0. The van der Waals surface area contributed by atoms with E-state index in [9.17, 15) is 0 Å². The third kappa shape index (κ3) is 26.4. The maximum absolute atomic E-state index is 9.12. The highest BCUT2D eigenvalue weighted by atomic mass is 16.5. The molecule has 4 N–H and O–H groups in total. The van der Waals surface area contributed by atoms with Gasteiger partial charge in [-0.1, -0.05) is 6.92 Å². The van der Waals surface area contributed by atoms with Crippen LogP contribution in [-0.2, 0) is 4.79 Å². The van der Waals surface area contributed by atoms with Gasteiger partial charge in [0.05, 0.1) is 0 Å². The van der Waals surface area contributed by atoms with Gasteiger partial charge in [-0.15, -0.1) is 0 Å². The van der Waals surface area contributed by atoms with Crippen LogP contribution in [0.5, 0.6) is 0 Å². The molecule has 62 valence electrons. The fourth-order valence-electron chi connectivity index (χ4n) is 0. The van der Waals surface area contributed by atoms with Crippen LogP contribution < -0.4 is 0 Å². The summed E-state index contributed by atoms with van der Waals surface area (Å²) in [4.78, 5) is 9.12. The van der Waals surface area contributed by atoms with Crippen molar-refractivity contribution in [2.24, 2.45) is 0 Å². The van der Waals surface area contributed by atoms with Crippen LogP contribution in [0, 0.1) is 0 Å². The Balaban J connectivity index is 0. The summed E-state index contributed by atoms with van der Waals surface area (Å²) in [6.45, 7) is 0.921. The van der Waals surface area contributed by atoms with Crippen LogP contribution >= 0.6 is 0 Å². The first-order chi connectivity index (χ1) is 4.54. The first kappa shape index (κ1) is 12.1. The lowest BCUT2D eigenvalue weighted by Gasteiger charge is -1.90. The lowest BCUT2D eigenvalue weighted by Crippen LogP contribution is -1.99. The standard InChI is InChI=1S/C3H8O2.C2H4O3/c1-2-3(4)5;3-1-2(4)5/h3-5H,2H2,1H3;3H,1H2,(H,4,5). The maximum Gasteiger partial charge on any atom is 0.329 e. The van der Waals surface area contributed by atoms with Gasteiger partial charge in [-0.25, -0.2) is 4.79 Å². The van der Waals surface area contributed by atoms with E-state index in [-0.39, 0.29) is 0 Å². The maximum atomic E-state index is 9.12. The van der Waals surface area contributed by atoms with E-state index in [1.165, 1.54) is 0 Å². The fourth-order valence-corrected chi connectivity index (χ4v) is 0. The first-order valence-electron chi connectivity index (χ1n) is 2.73. The molecule has 0 aromatic rings. The van der Waals surface area contributed by atoms with Crippen LogP contribution in [0.2, 0.25) is 0 Å². The minimum absolute atomic E-state index is 0.417. The molecule has 0 amide bonds. The highest BCUT2D eigenvalue weighted by molar-refractivity contribution is 5.67. The van der Waals surface area contributed by atoms with E-state index in [0.717, 1.165) is 0 Å². The number of carboxylic acids is 1. The number of aliphatic hydroxyl groups excluding tert-OH is 2. The minimum atomic E-state index is -1.19. The van der Waals surface area contributed by atoms with E-state index >= 15 is 0 Å². The Morgan fingerprint density at radius 2 is 1.70 bits per heavy atom. The molecule has 5 nitrogen and oxygen atoms in total. The SMILES string of the molecule is CCC(O)O.O=C(O)CO. The fraction of sp³-hybridized carbons (Fsp3) is 0.800. The topological polar surface area (TPSA) is 98.0 Å². The minimum Gasteiger partial charge on any atom is -0.480 e. The van der Waals surface area contributed by atoms with Gasteiger partial charge < -0.3 is 20.4 Å². The third-order valence-electron chi connectivity index (χ3n) is 0.500. The number of hydrogen-bond donors (Lipinski definition) is 4. The van der Waals surface area contributed by atoms with E-state index < -0.39 is 18.9 Å². The van der Waals surface area contributed by atoms with E-state index in [2.05, 4.69) is 0 Å². The second-order valence-corrected chi connectivity index (χ2v) is 1.44. The Kier molecular flexibility index (Phi) is 10.1. The molecule has 5 heteroatoms. The Morgan fingerprint density at radius 1 is 1.50 bits per heavy atom. The predicted molar refractivity (Wildman–Crippen MR) is 33.2 cm³/mol. The highest BCUT2D eigenvalue weighted by Gasteiger charge is 1.83. The molecule has 10 heavy (non-hydrogen) atoms. The quantitative estimate of drug-likeness (QED) is 0.371. The van der Waals surface area contributed by atoms with Crippen molar-refractivity contribution in [1.82, 2.24) is 0 Å². The number of aliphatic hydroxyl groups is 3. The van der Waals surface area contributed by atoms with Crippen LogP contribution in [0.1, 0.15) is 13.3 Å². The van der Waals surface area contributed by atoms with Crippen molar-refractivity contribution in [3.05, 3.63) is 0 Å². The molecule has 0 aromatic heterocycles. The van der Waals surface area contributed by atoms with Gasteiger partial charge in [-0.3, -0.25) is 0 Å². The van der Waals surface area contributed by atoms with Crippen molar-refractivity contribution in [2.45, 2.75) is 19.6 Å². The molecule has 0 unspecified atom stereocenters. The molecule has 0 aliphatic heterocycles. The molecule has 0 aliphatic rings. The normalized spacial score (nSPS) is 8.50. The van der Waals surface area contributed by atoms with Gasteiger partial charge in [0.1, 0.15) is 6.61 Å². The van der Waals surface area contributed by atoms with Crippen LogP contribution in [0.4, 0.5) is 0 Å². The van der Waals surface area contributed by atoms with E-state index in [0.29, 0.717) is 6.42 Å². The molecule has 0 spiro atoms. The average Bonchev–Trinajstić information content (AvgIpc) is 1.89.